The predicted octanol–water partition coefficient (Wildman–Crippen LogP) is 2.56. The highest BCUT2D eigenvalue weighted by atomic mass is 16.5. The van der Waals surface area contributed by atoms with E-state index in [-0.39, 0.29) is 17.4 Å². The van der Waals surface area contributed by atoms with Crippen LogP contribution in [0, 0.1) is 11.3 Å². The standard InChI is InChI=1S/C17H32N2O2/c1-6-21-14-11-17(18,16(14,4)5)15(20)19(13-7-8-13)10-9-12(2)3/h12-14H,6-11,18H2,1-5H3. The molecule has 4 heteroatoms. The Morgan fingerprint density at radius 3 is 2.43 bits per heavy atom. The minimum atomic E-state index is -0.758. The number of ether oxygens (including phenoxy) is 1. The summed E-state index contributed by atoms with van der Waals surface area (Å²) in [5, 5.41) is 0. The van der Waals surface area contributed by atoms with Crippen molar-refractivity contribution in [3.05, 3.63) is 0 Å². The van der Waals surface area contributed by atoms with Gasteiger partial charge in [0.2, 0.25) is 5.91 Å². The first kappa shape index (κ1) is 16.8. The summed E-state index contributed by atoms with van der Waals surface area (Å²) >= 11 is 0. The van der Waals surface area contributed by atoms with E-state index in [1.54, 1.807) is 0 Å². The molecule has 21 heavy (non-hydrogen) atoms. The smallest absolute Gasteiger partial charge is 0.243 e. The van der Waals surface area contributed by atoms with Gasteiger partial charge in [-0.1, -0.05) is 27.7 Å². The SMILES string of the molecule is CCOC1CC(N)(C(=O)N(CCC(C)C)C2CC2)C1(C)C. The summed E-state index contributed by atoms with van der Waals surface area (Å²) in [4.78, 5) is 15.1. The molecule has 0 bridgehead atoms. The van der Waals surface area contributed by atoms with Crippen LogP contribution in [0.5, 0.6) is 0 Å². The van der Waals surface area contributed by atoms with Crippen LogP contribution in [0.25, 0.3) is 0 Å². The second kappa shape index (κ2) is 5.88. The fourth-order valence-electron chi connectivity index (χ4n) is 3.29. The quantitative estimate of drug-likeness (QED) is 0.785. The van der Waals surface area contributed by atoms with E-state index in [0.29, 0.717) is 25.0 Å². The topological polar surface area (TPSA) is 55.6 Å². The first-order chi connectivity index (χ1) is 9.74. The Kier molecular flexibility index (Phi) is 4.69. The summed E-state index contributed by atoms with van der Waals surface area (Å²) in [5.41, 5.74) is 5.50. The number of rotatable bonds is 7. The monoisotopic (exact) mass is 296 g/mol. The fourth-order valence-corrected chi connectivity index (χ4v) is 3.29. The lowest BCUT2D eigenvalue weighted by Gasteiger charge is -2.58. The lowest BCUT2D eigenvalue weighted by atomic mass is 9.54. The van der Waals surface area contributed by atoms with Crippen molar-refractivity contribution in [2.45, 2.75) is 78.0 Å². The first-order valence-corrected chi connectivity index (χ1v) is 8.45. The Bertz CT molecular complexity index is 390. The van der Waals surface area contributed by atoms with Crippen LogP contribution in [0.3, 0.4) is 0 Å². The summed E-state index contributed by atoms with van der Waals surface area (Å²) in [6.45, 7) is 12.1. The molecule has 1 amide bonds. The van der Waals surface area contributed by atoms with E-state index < -0.39 is 5.54 Å². The zero-order valence-electron chi connectivity index (χ0n) is 14.3. The van der Waals surface area contributed by atoms with Crippen molar-refractivity contribution in [2.75, 3.05) is 13.2 Å². The first-order valence-electron chi connectivity index (χ1n) is 8.45. The third-order valence-electron chi connectivity index (χ3n) is 5.41. The molecule has 2 N–H and O–H groups in total. The lowest BCUT2D eigenvalue weighted by molar-refractivity contribution is -0.180. The predicted molar refractivity (Wildman–Crippen MR) is 84.9 cm³/mol. The van der Waals surface area contributed by atoms with Gasteiger partial charge in [-0.05, 0) is 32.1 Å². The molecule has 0 aromatic carbocycles. The summed E-state index contributed by atoms with van der Waals surface area (Å²) in [6, 6.07) is 0.429. The van der Waals surface area contributed by atoms with Crippen molar-refractivity contribution < 1.29 is 9.53 Å². The molecule has 2 aliphatic carbocycles. The molecule has 0 spiro atoms. The summed E-state index contributed by atoms with van der Waals surface area (Å²) in [7, 11) is 0. The molecule has 0 aromatic heterocycles. The van der Waals surface area contributed by atoms with Crippen molar-refractivity contribution in [2.24, 2.45) is 17.1 Å². The molecular weight excluding hydrogens is 264 g/mol. The van der Waals surface area contributed by atoms with Gasteiger partial charge in [0.05, 0.1) is 6.10 Å². The Labute approximate surface area is 129 Å². The fraction of sp³-hybridized carbons (Fsp3) is 0.941. The van der Waals surface area contributed by atoms with E-state index in [4.69, 9.17) is 10.5 Å². The van der Waals surface area contributed by atoms with E-state index >= 15 is 0 Å². The van der Waals surface area contributed by atoms with Crippen LogP contribution >= 0.6 is 0 Å². The zero-order chi connectivity index (χ0) is 15.8. The van der Waals surface area contributed by atoms with Crippen molar-refractivity contribution in [1.29, 1.82) is 0 Å². The second-order valence-corrected chi connectivity index (χ2v) is 7.75. The van der Waals surface area contributed by atoms with Crippen LogP contribution in [0.4, 0.5) is 0 Å². The highest BCUT2D eigenvalue weighted by Crippen LogP contribution is 2.51. The van der Waals surface area contributed by atoms with Crippen molar-refractivity contribution in [3.63, 3.8) is 0 Å². The van der Waals surface area contributed by atoms with Gasteiger partial charge in [0.25, 0.3) is 0 Å². The number of carbonyl (C=O) groups excluding carboxylic acids is 1. The number of nitrogens with two attached hydrogens (primary N) is 1. The maximum atomic E-state index is 13.1. The molecule has 0 heterocycles. The number of amides is 1. The average Bonchev–Trinajstić information content (AvgIpc) is 3.22. The average molecular weight is 296 g/mol. The third kappa shape index (κ3) is 2.98. The van der Waals surface area contributed by atoms with Crippen molar-refractivity contribution >= 4 is 5.91 Å². The van der Waals surface area contributed by atoms with Crippen LogP contribution in [0.15, 0.2) is 0 Å². The molecule has 0 radical (unpaired) electrons. The Hall–Kier alpha value is -0.610. The van der Waals surface area contributed by atoms with Crippen molar-refractivity contribution in [1.82, 2.24) is 4.90 Å². The van der Waals surface area contributed by atoms with Gasteiger partial charge < -0.3 is 15.4 Å². The molecule has 0 aliphatic heterocycles. The molecule has 2 saturated carbocycles. The zero-order valence-corrected chi connectivity index (χ0v) is 14.3. The van der Waals surface area contributed by atoms with E-state index in [0.717, 1.165) is 25.8 Å². The Morgan fingerprint density at radius 1 is 1.38 bits per heavy atom. The molecule has 122 valence electrons. The summed E-state index contributed by atoms with van der Waals surface area (Å²) in [6.07, 6.45) is 4.07. The van der Waals surface area contributed by atoms with E-state index in [2.05, 4.69) is 32.6 Å². The third-order valence-corrected chi connectivity index (χ3v) is 5.41. The minimum absolute atomic E-state index is 0.0996. The van der Waals surface area contributed by atoms with Gasteiger partial charge in [-0.15, -0.1) is 0 Å². The molecular formula is C17H32N2O2. The van der Waals surface area contributed by atoms with Gasteiger partial charge in [-0.25, -0.2) is 0 Å². The summed E-state index contributed by atoms with van der Waals surface area (Å²) in [5.74, 6) is 0.755. The molecule has 2 rings (SSSR count). The largest absolute Gasteiger partial charge is 0.378 e. The van der Waals surface area contributed by atoms with Crippen LogP contribution in [0.1, 0.15) is 60.3 Å². The molecule has 2 atom stereocenters. The Balaban J connectivity index is 2.06. The van der Waals surface area contributed by atoms with Crippen LogP contribution in [-0.2, 0) is 9.53 Å². The van der Waals surface area contributed by atoms with E-state index in [1.807, 2.05) is 6.92 Å². The number of hydrogen-bond acceptors (Lipinski definition) is 3. The molecule has 2 fully saturated rings. The maximum absolute atomic E-state index is 13.1. The number of carbonyl (C=O) groups is 1. The van der Waals surface area contributed by atoms with Crippen LogP contribution < -0.4 is 5.73 Å². The normalized spacial score (nSPS) is 31.1. The molecule has 0 saturated heterocycles. The van der Waals surface area contributed by atoms with Gasteiger partial charge in [-0.3, -0.25) is 4.79 Å². The highest BCUT2D eigenvalue weighted by Gasteiger charge is 2.64. The van der Waals surface area contributed by atoms with Crippen LogP contribution in [-0.4, -0.2) is 41.6 Å². The van der Waals surface area contributed by atoms with Gasteiger partial charge in [0.15, 0.2) is 0 Å². The van der Waals surface area contributed by atoms with Gasteiger partial charge in [-0.2, -0.15) is 0 Å². The second-order valence-electron chi connectivity index (χ2n) is 7.75. The Morgan fingerprint density at radius 2 is 2.00 bits per heavy atom. The minimum Gasteiger partial charge on any atom is -0.378 e. The molecule has 2 aliphatic rings. The molecule has 2 unspecified atom stereocenters. The summed E-state index contributed by atoms with van der Waals surface area (Å²) < 4.78 is 5.74. The van der Waals surface area contributed by atoms with Crippen molar-refractivity contribution in [3.8, 4) is 0 Å². The molecule has 4 nitrogen and oxygen atoms in total. The maximum Gasteiger partial charge on any atom is 0.243 e. The number of hydrogen-bond donors (Lipinski definition) is 1. The van der Waals surface area contributed by atoms with Gasteiger partial charge in [0.1, 0.15) is 5.54 Å². The van der Waals surface area contributed by atoms with Crippen LogP contribution in [0.2, 0.25) is 0 Å². The molecule has 0 aromatic rings. The highest BCUT2D eigenvalue weighted by molar-refractivity contribution is 5.89. The number of nitrogens with zero attached hydrogens (tertiary/aromatic N) is 1. The van der Waals surface area contributed by atoms with E-state index in [1.165, 1.54) is 0 Å². The van der Waals surface area contributed by atoms with Gasteiger partial charge in [0, 0.05) is 31.0 Å². The lowest BCUT2D eigenvalue weighted by Crippen LogP contribution is -2.76. The van der Waals surface area contributed by atoms with Gasteiger partial charge >= 0.3 is 0 Å². The van der Waals surface area contributed by atoms with E-state index in [9.17, 15) is 4.79 Å².